The minimum absolute atomic E-state index is 0.0661. The van der Waals surface area contributed by atoms with Gasteiger partial charge in [-0.05, 0) is 44.0 Å². The van der Waals surface area contributed by atoms with Gasteiger partial charge in [0.05, 0.1) is 10.6 Å². The number of nitrogens with zero attached hydrogens (tertiary/aromatic N) is 2. The quantitative estimate of drug-likeness (QED) is 0.701. The highest BCUT2D eigenvalue weighted by Crippen LogP contribution is 2.28. The summed E-state index contributed by atoms with van der Waals surface area (Å²) in [5, 5.41) is 11.8. The second-order valence-electron chi connectivity index (χ2n) is 6.38. The molecular formula is C17H22N4O3S3. The van der Waals surface area contributed by atoms with Crippen LogP contribution in [0.2, 0.25) is 0 Å². The van der Waals surface area contributed by atoms with Gasteiger partial charge in [-0.2, -0.15) is 0 Å². The molecule has 1 aliphatic rings. The molecule has 10 heteroatoms. The molecular weight excluding hydrogens is 404 g/mol. The van der Waals surface area contributed by atoms with Crippen LogP contribution in [0.4, 0.5) is 10.8 Å². The number of carbonyl (C=O) groups excluding carboxylic acids is 1. The van der Waals surface area contributed by atoms with Crippen molar-refractivity contribution in [1.29, 1.82) is 0 Å². The number of rotatable bonds is 7. The second kappa shape index (κ2) is 9.03. The van der Waals surface area contributed by atoms with Crippen molar-refractivity contribution < 1.29 is 13.2 Å². The number of aryl methyl sites for hydroxylation is 1. The number of nitrogens with one attached hydrogen (secondary N) is 2. The molecule has 0 radical (unpaired) electrons. The Balaban J connectivity index is 1.53. The molecule has 1 fully saturated rings. The van der Waals surface area contributed by atoms with E-state index in [9.17, 15) is 13.2 Å². The number of anilines is 2. The van der Waals surface area contributed by atoms with Crippen molar-refractivity contribution in [3.63, 3.8) is 0 Å². The van der Waals surface area contributed by atoms with Crippen LogP contribution in [0.5, 0.6) is 0 Å². The zero-order chi connectivity index (χ0) is 19.3. The van der Waals surface area contributed by atoms with Crippen molar-refractivity contribution in [2.24, 2.45) is 0 Å². The topological polar surface area (TPSA) is 101 Å². The van der Waals surface area contributed by atoms with Crippen LogP contribution in [0, 0.1) is 6.92 Å². The predicted molar refractivity (Wildman–Crippen MR) is 110 cm³/mol. The van der Waals surface area contributed by atoms with Gasteiger partial charge >= 0.3 is 0 Å². The van der Waals surface area contributed by atoms with Crippen molar-refractivity contribution in [3.8, 4) is 0 Å². The second-order valence-corrected chi connectivity index (χ2v) is 10.5. The van der Waals surface area contributed by atoms with Crippen LogP contribution in [0.1, 0.15) is 37.1 Å². The van der Waals surface area contributed by atoms with Crippen LogP contribution < -0.4 is 10.0 Å². The highest BCUT2D eigenvalue weighted by atomic mass is 32.2. The van der Waals surface area contributed by atoms with Crippen molar-refractivity contribution in [1.82, 2.24) is 10.2 Å². The van der Waals surface area contributed by atoms with E-state index < -0.39 is 10.0 Å². The van der Waals surface area contributed by atoms with Gasteiger partial charge in [0.15, 0.2) is 0 Å². The molecule has 2 aromatic rings. The van der Waals surface area contributed by atoms with E-state index in [0.29, 0.717) is 21.7 Å². The fraction of sp³-hybridized carbons (Fsp3) is 0.471. The molecule has 0 saturated heterocycles. The van der Waals surface area contributed by atoms with Gasteiger partial charge < -0.3 is 5.32 Å². The summed E-state index contributed by atoms with van der Waals surface area (Å²) in [4.78, 5) is 12.2. The van der Waals surface area contributed by atoms with E-state index in [2.05, 4.69) is 20.2 Å². The lowest BCUT2D eigenvalue weighted by molar-refractivity contribution is -0.113. The Hall–Kier alpha value is -1.65. The Kier molecular flexibility index (Phi) is 6.72. The summed E-state index contributed by atoms with van der Waals surface area (Å²) in [6.07, 6.45) is 6.17. The summed E-state index contributed by atoms with van der Waals surface area (Å²) >= 11 is 2.87. The van der Waals surface area contributed by atoms with Gasteiger partial charge in [-0.3, -0.25) is 9.52 Å². The monoisotopic (exact) mass is 426 g/mol. The molecule has 0 atom stereocenters. The standard InChI is InChI=1S/C17H22N4O3S3/c1-12-19-20-17(26-12)21-27(23,24)15-9-7-13(8-10-15)18-16(22)11-25-14-5-3-2-4-6-14/h7-10,14H,2-6,11H2,1H3,(H,18,22)(H,20,21). The highest BCUT2D eigenvalue weighted by Gasteiger charge is 2.17. The molecule has 1 amide bonds. The van der Waals surface area contributed by atoms with Gasteiger partial charge in [0.1, 0.15) is 5.01 Å². The molecule has 0 aliphatic heterocycles. The first-order valence-electron chi connectivity index (χ1n) is 8.77. The molecule has 146 valence electrons. The van der Waals surface area contributed by atoms with E-state index in [1.807, 2.05) is 0 Å². The SMILES string of the molecule is Cc1nnc(NS(=O)(=O)c2ccc(NC(=O)CSC3CCCCC3)cc2)s1. The number of sulfonamides is 1. The molecule has 27 heavy (non-hydrogen) atoms. The van der Waals surface area contributed by atoms with Crippen LogP contribution >= 0.6 is 23.1 Å². The zero-order valence-electron chi connectivity index (χ0n) is 15.0. The third-order valence-electron chi connectivity index (χ3n) is 4.20. The smallest absolute Gasteiger partial charge is 0.263 e. The summed E-state index contributed by atoms with van der Waals surface area (Å²) in [5.74, 6) is 0.353. The van der Waals surface area contributed by atoms with E-state index in [-0.39, 0.29) is 15.9 Å². The Morgan fingerprint density at radius 3 is 2.52 bits per heavy atom. The third-order valence-corrected chi connectivity index (χ3v) is 7.81. The van der Waals surface area contributed by atoms with Crippen molar-refractivity contribution >= 4 is 49.8 Å². The largest absolute Gasteiger partial charge is 0.325 e. The molecule has 0 spiro atoms. The van der Waals surface area contributed by atoms with Gasteiger partial charge in [0.2, 0.25) is 11.0 Å². The van der Waals surface area contributed by atoms with E-state index in [0.717, 1.165) is 0 Å². The Morgan fingerprint density at radius 2 is 1.89 bits per heavy atom. The predicted octanol–water partition coefficient (Wildman–Crippen LogP) is 3.65. The maximum Gasteiger partial charge on any atom is 0.263 e. The summed E-state index contributed by atoms with van der Waals surface area (Å²) in [6, 6.07) is 6.09. The first-order valence-corrected chi connectivity index (χ1v) is 12.1. The van der Waals surface area contributed by atoms with E-state index >= 15 is 0 Å². The third kappa shape index (κ3) is 5.91. The molecule has 0 unspecified atom stereocenters. The molecule has 1 aromatic carbocycles. The first-order chi connectivity index (χ1) is 12.9. The van der Waals surface area contributed by atoms with E-state index in [4.69, 9.17) is 0 Å². The molecule has 1 aliphatic carbocycles. The highest BCUT2D eigenvalue weighted by molar-refractivity contribution is 8.00. The van der Waals surface area contributed by atoms with Crippen molar-refractivity contribution in [3.05, 3.63) is 29.3 Å². The fourth-order valence-corrected chi connectivity index (χ4v) is 5.80. The van der Waals surface area contributed by atoms with Gasteiger partial charge in [-0.25, -0.2) is 8.42 Å². The van der Waals surface area contributed by atoms with Crippen molar-refractivity contribution in [2.45, 2.75) is 49.2 Å². The Morgan fingerprint density at radius 1 is 1.19 bits per heavy atom. The first kappa shape index (κ1) is 20.1. The average Bonchev–Trinajstić information content (AvgIpc) is 3.05. The number of amides is 1. The van der Waals surface area contributed by atoms with Gasteiger partial charge in [-0.1, -0.05) is 30.6 Å². The van der Waals surface area contributed by atoms with E-state index in [1.54, 1.807) is 30.8 Å². The summed E-state index contributed by atoms with van der Waals surface area (Å²) in [7, 11) is -3.73. The fourth-order valence-electron chi connectivity index (χ4n) is 2.85. The van der Waals surface area contributed by atoms with Crippen LogP contribution in [-0.2, 0) is 14.8 Å². The van der Waals surface area contributed by atoms with Crippen LogP contribution in [0.15, 0.2) is 29.2 Å². The molecule has 1 aromatic heterocycles. The van der Waals surface area contributed by atoms with Crippen molar-refractivity contribution in [2.75, 3.05) is 15.8 Å². The molecule has 1 heterocycles. The van der Waals surface area contributed by atoms with Gasteiger partial charge in [0.25, 0.3) is 10.0 Å². The summed E-state index contributed by atoms with van der Waals surface area (Å²) < 4.78 is 27.1. The normalized spacial score (nSPS) is 15.4. The van der Waals surface area contributed by atoms with E-state index in [1.165, 1.54) is 55.6 Å². The maximum absolute atomic E-state index is 12.4. The number of carbonyl (C=O) groups is 1. The number of thioether (sulfide) groups is 1. The minimum Gasteiger partial charge on any atom is -0.325 e. The molecule has 0 bridgehead atoms. The molecule has 3 rings (SSSR count). The lowest BCUT2D eigenvalue weighted by Crippen LogP contribution is -2.18. The Bertz CT molecular complexity index is 875. The number of hydrogen-bond acceptors (Lipinski definition) is 7. The maximum atomic E-state index is 12.4. The van der Waals surface area contributed by atoms with Gasteiger partial charge in [-0.15, -0.1) is 22.0 Å². The van der Waals surface area contributed by atoms with Gasteiger partial charge in [0, 0.05) is 10.9 Å². The van der Waals surface area contributed by atoms with Crippen LogP contribution in [-0.4, -0.2) is 35.5 Å². The van der Waals surface area contributed by atoms with Crippen LogP contribution in [0.25, 0.3) is 0 Å². The average molecular weight is 427 g/mol. The number of hydrogen-bond donors (Lipinski definition) is 2. The molecule has 1 saturated carbocycles. The minimum atomic E-state index is -3.73. The lowest BCUT2D eigenvalue weighted by atomic mass is 10.0. The molecule has 2 N–H and O–H groups in total. The molecule has 7 nitrogen and oxygen atoms in total. The number of benzene rings is 1. The summed E-state index contributed by atoms with van der Waals surface area (Å²) in [5.41, 5.74) is 0.579. The zero-order valence-corrected chi connectivity index (χ0v) is 17.4. The summed E-state index contributed by atoms with van der Waals surface area (Å²) in [6.45, 7) is 1.75. The lowest BCUT2D eigenvalue weighted by Gasteiger charge is -2.20. The number of aromatic nitrogens is 2. The Labute approximate surface area is 167 Å². The van der Waals surface area contributed by atoms with Crippen LogP contribution in [0.3, 0.4) is 0 Å².